The van der Waals surface area contributed by atoms with E-state index in [4.69, 9.17) is 23.8 Å². The van der Waals surface area contributed by atoms with Gasteiger partial charge in [-0.1, -0.05) is 29.8 Å². The lowest BCUT2D eigenvalue weighted by atomic mass is 10.2. The van der Waals surface area contributed by atoms with Crippen molar-refractivity contribution in [3.63, 3.8) is 0 Å². The van der Waals surface area contributed by atoms with Crippen LogP contribution in [0.15, 0.2) is 61.2 Å². The van der Waals surface area contributed by atoms with Crippen molar-refractivity contribution in [2.45, 2.75) is 26.4 Å². The molecule has 1 aromatic heterocycles. The first-order valence-electron chi connectivity index (χ1n) is 9.03. The topological polar surface area (TPSA) is 33.1 Å². The number of thiocarbonyl (C=S) groups is 1. The lowest BCUT2D eigenvalue weighted by Gasteiger charge is -2.26. The van der Waals surface area contributed by atoms with Gasteiger partial charge in [-0.2, -0.15) is 0 Å². The third-order valence-electron chi connectivity index (χ3n) is 4.34. The van der Waals surface area contributed by atoms with Crippen molar-refractivity contribution in [3.05, 3.63) is 83.2 Å². The third-order valence-corrected chi connectivity index (χ3v) is 5.02. The highest BCUT2D eigenvalue weighted by Gasteiger charge is 2.12. The van der Waals surface area contributed by atoms with Crippen LogP contribution >= 0.6 is 23.8 Å². The molecular formula is C21H22ClFN4S. The summed E-state index contributed by atoms with van der Waals surface area (Å²) in [6.07, 6.45) is 6.39. The van der Waals surface area contributed by atoms with E-state index in [2.05, 4.69) is 15.2 Å². The number of hydrogen-bond acceptors (Lipinski definition) is 2. The number of hydrogen-bond donors (Lipinski definition) is 1. The van der Waals surface area contributed by atoms with Crippen molar-refractivity contribution in [1.82, 2.24) is 14.5 Å². The maximum Gasteiger partial charge on any atom is 0.173 e. The van der Waals surface area contributed by atoms with Crippen LogP contribution < -0.4 is 5.32 Å². The van der Waals surface area contributed by atoms with E-state index in [1.165, 1.54) is 12.1 Å². The molecule has 0 saturated carbocycles. The molecule has 3 aromatic rings. The molecule has 0 radical (unpaired) electrons. The maximum absolute atomic E-state index is 13.2. The molecule has 146 valence electrons. The highest BCUT2D eigenvalue weighted by Crippen LogP contribution is 2.23. The third kappa shape index (κ3) is 5.78. The number of nitrogens with one attached hydrogen (secondary N) is 1. The van der Waals surface area contributed by atoms with Gasteiger partial charge in [-0.15, -0.1) is 0 Å². The molecule has 0 spiro atoms. The minimum atomic E-state index is -0.248. The Kier molecular flexibility index (Phi) is 7.01. The molecule has 3 rings (SSSR count). The Morgan fingerprint density at radius 2 is 2.04 bits per heavy atom. The fraction of sp³-hybridized carbons (Fsp3) is 0.238. The first kappa shape index (κ1) is 20.3. The van der Waals surface area contributed by atoms with Gasteiger partial charge in [0, 0.05) is 32.0 Å². The molecule has 0 aliphatic rings. The molecule has 4 nitrogen and oxygen atoms in total. The number of anilines is 1. The predicted molar refractivity (Wildman–Crippen MR) is 116 cm³/mol. The molecular weight excluding hydrogens is 395 g/mol. The highest BCUT2D eigenvalue weighted by atomic mass is 35.5. The van der Waals surface area contributed by atoms with E-state index in [9.17, 15) is 4.39 Å². The van der Waals surface area contributed by atoms with Crippen LogP contribution in [-0.2, 0) is 13.1 Å². The second-order valence-electron chi connectivity index (χ2n) is 6.62. The minimum absolute atomic E-state index is 0.248. The Hall–Kier alpha value is -2.44. The summed E-state index contributed by atoms with van der Waals surface area (Å²) in [6, 6.07) is 12.3. The Labute approximate surface area is 175 Å². The molecule has 0 amide bonds. The first-order valence-corrected chi connectivity index (χ1v) is 9.82. The van der Waals surface area contributed by atoms with E-state index in [0.717, 1.165) is 36.3 Å². The Balaban J connectivity index is 1.69. The molecule has 0 aliphatic heterocycles. The van der Waals surface area contributed by atoms with E-state index in [-0.39, 0.29) is 5.82 Å². The average Bonchev–Trinajstić information content (AvgIpc) is 3.18. The van der Waals surface area contributed by atoms with Crippen LogP contribution in [-0.4, -0.2) is 26.1 Å². The summed E-state index contributed by atoms with van der Waals surface area (Å²) in [5, 5.41) is 4.46. The molecule has 0 unspecified atom stereocenters. The van der Waals surface area contributed by atoms with E-state index < -0.39 is 0 Å². The van der Waals surface area contributed by atoms with Crippen molar-refractivity contribution in [2.75, 3.05) is 11.9 Å². The number of aryl methyl sites for hydroxylation is 2. The fourth-order valence-electron chi connectivity index (χ4n) is 2.84. The summed E-state index contributed by atoms with van der Waals surface area (Å²) >= 11 is 12.0. The van der Waals surface area contributed by atoms with Crippen molar-refractivity contribution in [3.8, 4) is 0 Å². The van der Waals surface area contributed by atoms with Crippen LogP contribution in [0.3, 0.4) is 0 Å². The molecule has 0 saturated heterocycles. The second-order valence-corrected chi connectivity index (χ2v) is 7.41. The van der Waals surface area contributed by atoms with Gasteiger partial charge in [0.2, 0.25) is 0 Å². The molecule has 0 atom stereocenters. The van der Waals surface area contributed by atoms with Gasteiger partial charge < -0.3 is 14.8 Å². The van der Waals surface area contributed by atoms with Crippen molar-refractivity contribution in [1.29, 1.82) is 0 Å². The van der Waals surface area contributed by atoms with Gasteiger partial charge in [0.15, 0.2) is 5.11 Å². The fourth-order valence-corrected chi connectivity index (χ4v) is 3.39. The van der Waals surface area contributed by atoms with Crippen molar-refractivity contribution in [2.24, 2.45) is 0 Å². The van der Waals surface area contributed by atoms with Gasteiger partial charge in [-0.25, -0.2) is 9.37 Å². The standard InChI is InChI=1S/C21H22ClFN4S/c1-16-3-8-20(19(22)13-16)25-21(28)27(11-2-10-26-12-9-24-15-26)14-17-4-6-18(23)7-5-17/h3-9,12-13,15H,2,10-11,14H2,1H3,(H,25,28). The summed E-state index contributed by atoms with van der Waals surface area (Å²) in [6.45, 7) is 4.16. The average molecular weight is 417 g/mol. The van der Waals surface area contributed by atoms with Gasteiger partial charge in [-0.3, -0.25) is 0 Å². The van der Waals surface area contributed by atoms with Gasteiger partial charge in [0.1, 0.15) is 5.82 Å². The van der Waals surface area contributed by atoms with Crippen molar-refractivity contribution < 1.29 is 4.39 Å². The lowest BCUT2D eigenvalue weighted by molar-refractivity contribution is 0.395. The number of nitrogens with zero attached hydrogens (tertiary/aromatic N) is 3. The SMILES string of the molecule is Cc1ccc(NC(=S)N(CCCn2ccnc2)Cc2ccc(F)cc2)c(Cl)c1. The van der Waals surface area contributed by atoms with Crippen LogP contribution in [0, 0.1) is 12.7 Å². The first-order chi connectivity index (χ1) is 13.5. The minimum Gasteiger partial charge on any atom is -0.345 e. The van der Waals surface area contributed by atoms with E-state index in [1.54, 1.807) is 24.7 Å². The molecule has 1 N–H and O–H groups in total. The van der Waals surface area contributed by atoms with Gasteiger partial charge in [0.25, 0.3) is 0 Å². The normalized spacial score (nSPS) is 10.7. The van der Waals surface area contributed by atoms with Crippen LogP contribution in [0.2, 0.25) is 5.02 Å². The van der Waals surface area contributed by atoms with Crippen LogP contribution in [0.1, 0.15) is 17.5 Å². The summed E-state index contributed by atoms with van der Waals surface area (Å²) < 4.78 is 15.3. The van der Waals surface area contributed by atoms with Crippen LogP contribution in [0.5, 0.6) is 0 Å². The zero-order chi connectivity index (χ0) is 19.9. The van der Waals surface area contributed by atoms with Gasteiger partial charge in [-0.05, 0) is 61.0 Å². The summed E-state index contributed by atoms with van der Waals surface area (Å²) in [5.74, 6) is -0.248. The molecule has 2 aromatic carbocycles. The summed E-state index contributed by atoms with van der Waals surface area (Å²) in [5.41, 5.74) is 2.85. The molecule has 28 heavy (non-hydrogen) atoms. The number of rotatable bonds is 7. The van der Waals surface area contributed by atoms with Gasteiger partial charge >= 0.3 is 0 Å². The largest absolute Gasteiger partial charge is 0.345 e. The second kappa shape index (κ2) is 9.66. The van der Waals surface area contributed by atoms with Crippen LogP contribution in [0.4, 0.5) is 10.1 Å². The van der Waals surface area contributed by atoms with Gasteiger partial charge in [0.05, 0.1) is 17.0 Å². The summed E-state index contributed by atoms with van der Waals surface area (Å²) in [7, 11) is 0. The molecule has 1 heterocycles. The maximum atomic E-state index is 13.2. The van der Waals surface area contributed by atoms with Crippen molar-refractivity contribution >= 4 is 34.6 Å². The van der Waals surface area contributed by atoms with Crippen LogP contribution in [0.25, 0.3) is 0 Å². The zero-order valence-corrected chi connectivity index (χ0v) is 17.2. The molecule has 0 aliphatic carbocycles. The smallest absolute Gasteiger partial charge is 0.173 e. The lowest BCUT2D eigenvalue weighted by Crippen LogP contribution is -2.35. The van der Waals surface area contributed by atoms with E-state index in [0.29, 0.717) is 16.7 Å². The number of benzene rings is 2. The molecule has 0 fully saturated rings. The predicted octanol–water partition coefficient (Wildman–Crippen LogP) is 5.27. The zero-order valence-electron chi connectivity index (χ0n) is 15.6. The molecule has 0 bridgehead atoms. The number of halogens is 2. The summed E-state index contributed by atoms with van der Waals surface area (Å²) in [4.78, 5) is 6.13. The highest BCUT2D eigenvalue weighted by molar-refractivity contribution is 7.80. The van der Waals surface area contributed by atoms with E-state index in [1.807, 2.05) is 35.9 Å². The Morgan fingerprint density at radius 1 is 1.25 bits per heavy atom. The Bertz CT molecular complexity index is 913. The monoisotopic (exact) mass is 416 g/mol. The molecule has 7 heteroatoms. The number of imidazole rings is 1. The number of aromatic nitrogens is 2. The quantitative estimate of drug-likeness (QED) is 0.531. The Morgan fingerprint density at radius 3 is 2.71 bits per heavy atom. The van der Waals surface area contributed by atoms with E-state index >= 15 is 0 Å².